The summed E-state index contributed by atoms with van der Waals surface area (Å²) in [5.74, 6) is 2.42. The Morgan fingerprint density at radius 1 is 1.18 bits per heavy atom. The molecule has 0 aromatic heterocycles. The predicted molar refractivity (Wildman–Crippen MR) is 133 cm³/mol. The summed E-state index contributed by atoms with van der Waals surface area (Å²) in [6.45, 7) is 12.1. The maximum absolute atomic E-state index is 12.9. The lowest BCUT2D eigenvalue weighted by Gasteiger charge is -2.32. The van der Waals surface area contributed by atoms with E-state index >= 15 is 0 Å². The number of carboxylic acid groups (broad SMARTS) is 1. The lowest BCUT2D eigenvalue weighted by Crippen LogP contribution is -2.37. The molecule has 0 bridgehead atoms. The van der Waals surface area contributed by atoms with Crippen LogP contribution in [0.5, 0.6) is 0 Å². The Bertz CT molecular complexity index is 913. The molecule has 1 saturated carbocycles. The van der Waals surface area contributed by atoms with E-state index in [1.165, 1.54) is 0 Å². The zero-order chi connectivity index (χ0) is 24.5. The van der Waals surface area contributed by atoms with E-state index < -0.39 is 5.97 Å². The van der Waals surface area contributed by atoms with Gasteiger partial charge < -0.3 is 20.6 Å². The summed E-state index contributed by atoms with van der Waals surface area (Å²) >= 11 is 0. The van der Waals surface area contributed by atoms with Crippen molar-refractivity contribution in [3.05, 3.63) is 53.4 Å². The molecule has 6 nitrogen and oxygen atoms in total. The molecule has 0 saturated heterocycles. The van der Waals surface area contributed by atoms with Crippen molar-refractivity contribution in [2.24, 2.45) is 23.7 Å². The number of terminal acetylenes is 1. The maximum Gasteiger partial charge on any atom is 0.323 e. The van der Waals surface area contributed by atoms with E-state index in [0.717, 1.165) is 24.4 Å². The normalized spacial score (nSPS) is 18.1. The second kappa shape index (κ2) is 12.2. The van der Waals surface area contributed by atoms with E-state index in [1.54, 1.807) is 6.08 Å². The van der Waals surface area contributed by atoms with E-state index in [-0.39, 0.29) is 17.9 Å². The Balaban J connectivity index is 2.30. The number of amides is 2. The van der Waals surface area contributed by atoms with Crippen molar-refractivity contribution < 1.29 is 14.7 Å². The van der Waals surface area contributed by atoms with Crippen LogP contribution < -0.4 is 10.6 Å². The van der Waals surface area contributed by atoms with Gasteiger partial charge in [0.15, 0.2) is 0 Å². The van der Waals surface area contributed by atoms with Crippen molar-refractivity contribution in [1.82, 2.24) is 10.2 Å². The Labute approximate surface area is 198 Å². The minimum atomic E-state index is -0.763. The summed E-state index contributed by atoms with van der Waals surface area (Å²) in [6.07, 6.45) is 10.5. The quantitative estimate of drug-likeness (QED) is 0.317. The SMILES string of the molecule is C#C/C=C(\C(=C/C[C@@H]1C[C@@H]1C(=O)O)NC(=O)Nc1ccc(C)cc1)N(CC(C)C)CC(C)C. The van der Waals surface area contributed by atoms with Gasteiger partial charge in [-0.2, -0.15) is 0 Å². The number of nitrogens with zero attached hydrogens (tertiary/aromatic N) is 1. The van der Waals surface area contributed by atoms with Crippen LogP contribution in [-0.4, -0.2) is 35.1 Å². The summed E-state index contributed by atoms with van der Waals surface area (Å²) in [6, 6.07) is 7.20. The molecule has 0 unspecified atom stereocenters. The number of anilines is 1. The number of urea groups is 1. The first-order valence-corrected chi connectivity index (χ1v) is 11.6. The molecule has 178 valence electrons. The molecule has 6 heteroatoms. The van der Waals surface area contributed by atoms with Crippen molar-refractivity contribution in [3.63, 3.8) is 0 Å². The summed E-state index contributed by atoms with van der Waals surface area (Å²) in [5, 5.41) is 15.1. The number of benzene rings is 1. The van der Waals surface area contributed by atoms with E-state index in [4.69, 9.17) is 6.42 Å². The monoisotopic (exact) mass is 451 g/mol. The van der Waals surface area contributed by atoms with Crippen LogP contribution in [0, 0.1) is 42.9 Å². The molecule has 0 spiro atoms. The highest BCUT2D eigenvalue weighted by molar-refractivity contribution is 5.90. The summed E-state index contributed by atoms with van der Waals surface area (Å²) in [5.41, 5.74) is 3.17. The molecule has 1 fully saturated rings. The molecule has 3 N–H and O–H groups in total. The number of hydrogen-bond acceptors (Lipinski definition) is 3. The molecule has 1 aliphatic carbocycles. The maximum atomic E-state index is 12.9. The summed E-state index contributed by atoms with van der Waals surface area (Å²) in [7, 11) is 0. The van der Waals surface area contributed by atoms with Gasteiger partial charge in [-0.05, 0) is 49.7 Å². The zero-order valence-corrected chi connectivity index (χ0v) is 20.4. The molecular formula is C27H37N3O3. The average molecular weight is 452 g/mol. The highest BCUT2D eigenvalue weighted by atomic mass is 16.4. The van der Waals surface area contributed by atoms with Crippen molar-refractivity contribution >= 4 is 17.7 Å². The zero-order valence-electron chi connectivity index (χ0n) is 20.4. The smallest absolute Gasteiger partial charge is 0.323 e. The van der Waals surface area contributed by atoms with Gasteiger partial charge in [-0.3, -0.25) is 4.79 Å². The van der Waals surface area contributed by atoms with E-state index in [1.807, 2.05) is 37.3 Å². The molecule has 2 rings (SSSR count). The number of carbonyl (C=O) groups excluding carboxylic acids is 1. The summed E-state index contributed by atoms with van der Waals surface area (Å²) < 4.78 is 0. The lowest BCUT2D eigenvalue weighted by atomic mass is 10.1. The number of rotatable bonds is 11. The van der Waals surface area contributed by atoms with Gasteiger partial charge in [0.1, 0.15) is 0 Å². The first-order valence-electron chi connectivity index (χ1n) is 11.6. The molecule has 1 aromatic rings. The van der Waals surface area contributed by atoms with Gasteiger partial charge in [-0.1, -0.05) is 57.4 Å². The van der Waals surface area contributed by atoms with Crippen LogP contribution in [0.3, 0.4) is 0 Å². The minimum absolute atomic E-state index is 0.0789. The van der Waals surface area contributed by atoms with Gasteiger partial charge in [0.25, 0.3) is 0 Å². The van der Waals surface area contributed by atoms with Crippen LogP contribution in [-0.2, 0) is 4.79 Å². The standard InChI is InChI=1S/C27H37N3O3/c1-7-8-25(30(16-18(2)3)17-19(4)5)24(14-11-21-15-23(21)26(31)32)29-27(33)28-22-12-9-20(6)10-13-22/h1,8-10,12-14,18-19,21,23H,11,15-17H2,2-6H3,(H,31,32)(H2,28,29,33)/b24-14+,25-8+/t21-,23+/m1/s1. The number of aryl methyl sites for hydroxylation is 1. The van der Waals surface area contributed by atoms with Gasteiger partial charge in [-0.25, -0.2) is 4.79 Å². The van der Waals surface area contributed by atoms with Crippen molar-refractivity contribution in [2.45, 2.75) is 47.5 Å². The van der Waals surface area contributed by atoms with Crippen LogP contribution in [0.4, 0.5) is 10.5 Å². The molecular weight excluding hydrogens is 414 g/mol. The predicted octanol–water partition coefficient (Wildman–Crippen LogP) is 5.24. The molecule has 0 heterocycles. The van der Waals surface area contributed by atoms with E-state index in [2.05, 4.69) is 49.1 Å². The molecule has 33 heavy (non-hydrogen) atoms. The Morgan fingerprint density at radius 2 is 1.79 bits per heavy atom. The fraction of sp³-hybridized carbons (Fsp3) is 0.481. The first kappa shape index (κ1) is 26.1. The molecule has 1 aromatic carbocycles. The van der Waals surface area contributed by atoms with Gasteiger partial charge in [0, 0.05) is 24.9 Å². The van der Waals surface area contributed by atoms with E-state index in [9.17, 15) is 14.7 Å². The van der Waals surface area contributed by atoms with Crippen LogP contribution in [0.15, 0.2) is 47.8 Å². The minimum Gasteiger partial charge on any atom is -0.481 e. The second-order valence-corrected chi connectivity index (χ2v) is 9.63. The molecule has 0 aliphatic heterocycles. The first-order chi connectivity index (χ1) is 15.6. The Morgan fingerprint density at radius 3 is 2.27 bits per heavy atom. The van der Waals surface area contributed by atoms with Crippen molar-refractivity contribution in [3.8, 4) is 12.3 Å². The number of allylic oxidation sites excluding steroid dienone is 2. The highest BCUT2D eigenvalue weighted by Gasteiger charge is 2.42. The fourth-order valence-corrected chi connectivity index (χ4v) is 3.79. The van der Waals surface area contributed by atoms with Crippen molar-refractivity contribution in [1.29, 1.82) is 0 Å². The average Bonchev–Trinajstić information content (AvgIpc) is 3.50. The Kier molecular flexibility index (Phi) is 9.59. The molecule has 2 amide bonds. The Hall–Kier alpha value is -3.20. The number of carboxylic acids is 1. The topological polar surface area (TPSA) is 81.7 Å². The molecule has 2 atom stereocenters. The van der Waals surface area contributed by atoms with Crippen LogP contribution in [0.25, 0.3) is 0 Å². The highest BCUT2D eigenvalue weighted by Crippen LogP contribution is 2.42. The third-order valence-electron chi connectivity index (χ3n) is 5.43. The van der Waals surface area contributed by atoms with Gasteiger partial charge >= 0.3 is 12.0 Å². The fourth-order valence-electron chi connectivity index (χ4n) is 3.79. The van der Waals surface area contributed by atoms with Crippen LogP contribution in [0.1, 0.15) is 46.1 Å². The third kappa shape index (κ3) is 8.69. The summed E-state index contributed by atoms with van der Waals surface area (Å²) in [4.78, 5) is 26.3. The number of aliphatic carboxylic acids is 1. The largest absolute Gasteiger partial charge is 0.481 e. The van der Waals surface area contributed by atoms with Crippen molar-refractivity contribution in [2.75, 3.05) is 18.4 Å². The second-order valence-electron chi connectivity index (χ2n) is 9.63. The van der Waals surface area contributed by atoms with Crippen LogP contribution in [0.2, 0.25) is 0 Å². The van der Waals surface area contributed by atoms with Gasteiger partial charge in [0.05, 0.1) is 17.3 Å². The van der Waals surface area contributed by atoms with Gasteiger partial charge in [0.2, 0.25) is 0 Å². The third-order valence-corrected chi connectivity index (χ3v) is 5.43. The number of nitrogens with one attached hydrogen (secondary N) is 2. The molecule has 1 aliphatic rings. The number of carbonyl (C=O) groups is 2. The number of hydrogen-bond donors (Lipinski definition) is 3. The lowest BCUT2D eigenvalue weighted by molar-refractivity contribution is -0.138. The van der Waals surface area contributed by atoms with E-state index in [0.29, 0.717) is 36.1 Å². The van der Waals surface area contributed by atoms with Crippen LogP contribution >= 0.6 is 0 Å². The van der Waals surface area contributed by atoms with Gasteiger partial charge in [-0.15, -0.1) is 6.42 Å². The molecule has 0 radical (unpaired) electrons.